The highest BCUT2D eigenvalue weighted by Gasteiger charge is 2.22. The van der Waals surface area contributed by atoms with Gasteiger partial charge in [0.1, 0.15) is 5.82 Å². The third-order valence-electron chi connectivity index (χ3n) is 2.64. The molecule has 0 amide bonds. The Morgan fingerprint density at radius 3 is 2.53 bits per heavy atom. The highest BCUT2D eigenvalue weighted by Crippen LogP contribution is 2.33. The van der Waals surface area contributed by atoms with E-state index >= 15 is 0 Å². The molecule has 0 spiro atoms. The van der Waals surface area contributed by atoms with Gasteiger partial charge < -0.3 is 5.32 Å². The number of rotatable bonds is 2. The van der Waals surface area contributed by atoms with Gasteiger partial charge in [-0.2, -0.15) is 4.37 Å². The molecule has 1 fully saturated rings. The van der Waals surface area contributed by atoms with E-state index in [2.05, 4.69) is 35.4 Å². The van der Waals surface area contributed by atoms with E-state index in [0.717, 1.165) is 11.0 Å². The summed E-state index contributed by atoms with van der Waals surface area (Å²) in [6, 6.07) is 0. The zero-order valence-electron chi connectivity index (χ0n) is 9.71. The van der Waals surface area contributed by atoms with Gasteiger partial charge in [-0.25, -0.2) is 4.98 Å². The SMILES string of the molecule is CC(C)(C)Nc1nc(C2CCCC2)ns1. The van der Waals surface area contributed by atoms with E-state index in [-0.39, 0.29) is 5.54 Å². The lowest BCUT2D eigenvalue weighted by atomic mass is 10.1. The number of nitrogens with one attached hydrogen (secondary N) is 1. The van der Waals surface area contributed by atoms with Crippen molar-refractivity contribution in [1.82, 2.24) is 9.36 Å². The van der Waals surface area contributed by atoms with Gasteiger partial charge in [-0.15, -0.1) is 0 Å². The molecule has 1 N–H and O–H groups in total. The van der Waals surface area contributed by atoms with Crippen molar-refractivity contribution in [2.75, 3.05) is 5.32 Å². The normalized spacial score (nSPS) is 18.3. The molecule has 15 heavy (non-hydrogen) atoms. The summed E-state index contributed by atoms with van der Waals surface area (Å²) in [4.78, 5) is 4.57. The molecule has 1 aromatic heterocycles. The molecular weight excluding hydrogens is 206 g/mol. The fourth-order valence-corrected chi connectivity index (χ4v) is 2.81. The molecule has 4 heteroatoms. The lowest BCUT2D eigenvalue weighted by Crippen LogP contribution is -2.25. The van der Waals surface area contributed by atoms with Crippen molar-refractivity contribution in [3.8, 4) is 0 Å². The summed E-state index contributed by atoms with van der Waals surface area (Å²) in [5.74, 6) is 1.68. The van der Waals surface area contributed by atoms with Gasteiger partial charge in [0.2, 0.25) is 5.13 Å². The second-order valence-electron chi connectivity index (χ2n) is 5.31. The van der Waals surface area contributed by atoms with Gasteiger partial charge in [-0.1, -0.05) is 12.8 Å². The van der Waals surface area contributed by atoms with Crippen LogP contribution in [0.4, 0.5) is 5.13 Å². The third kappa shape index (κ3) is 2.91. The third-order valence-corrected chi connectivity index (χ3v) is 3.29. The van der Waals surface area contributed by atoms with Crippen LogP contribution in [0.1, 0.15) is 58.2 Å². The van der Waals surface area contributed by atoms with Crippen LogP contribution in [0.5, 0.6) is 0 Å². The molecule has 2 rings (SSSR count). The highest BCUT2D eigenvalue weighted by atomic mass is 32.1. The van der Waals surface area contributed by atoms with Gasteiger partial charge in [0.15, 0.2) is 0 Å². The number of nitrogens with zero attached hydrogens (tertiary/aromatic N) is 2. The van der Waals surface area contributed by atoms with Gasteiger partial charge in [-0.05, 0) is 33.6 Å². The van der Waals surface area contributed by atoms with E-state index < -0.39 is 0 Å². The van der Waals surface area contributed by atoms with Gasteiger partial charge in [0.25, 0.3) is 0 Å². The summed E-state index contributed by atoms with van der Waals surface area (Å²) in [5.41, 5.74) is 0.0759. The van der Waals surface area contributed by atoms with Crippen molar-refractivity contribution in [2.45, 2.75) is 57.9 Å². The molecule has 84 valence electrons. The molecule has 0 unspecified atom stereocenters. The van der Waals surface area contributed by atoms with Gasteiger partial charge >= 0.3 is 0 Å². The van der Waals surface area contributed by atoms with Crippen molar-refractivity contribution in [2.24, 2.45) is 0 Å². The Labute approximate surface area is 95.5 Å². The number of hydrogen-bond acceptors (Lipinski definition) is 4. The van der Waals surface area contributed by atoms with Crippen molar-refractivity contribution < 1.29 is 0 Å². The summed E-state index contributed by atoms with van der Waals surface area (Å²) in [5, 5.41) is 4.33. The highest BCUT2D eigenvalue weighted by molar-refractivity contribution is 7.09. The second-order valence-corrected chi connectivity index (χ2v) is 6.07. The Morgan fingerprint density at radius 2 is 1.93 bits per heavy atom. The predicted molar refractivity (Wildman–Crippen MR) is 64.5 cm³/mol. The predicted octanol–water partition coefficient (Wildman–Crippen LogP) is 3.41. The van der Waals surface area contributed by atoms with Crippen molar-refractivity contribution in [1.29, 1.82) is 0 Å². The maximum Gasteiger partial charge on any atom is 0.202 e. The van der Waals surface area contributed by atoms with Crippen LogP contribution in [-0.2, 0) is 0 Å². The molecule has 3 nitrogen and oxygen atoms in total. The van der Waals surface area contributed by atoms with Crippen LogP contribution in [0.2, 0.25) is 0 Å². The van der Waals surface area contributed by atoms with E-state index in [9.17, 15) is 0 Å². The van der Waals surface area contributed by atoms with Gasteiger partial charge in [0.05, 0.1) is 0 Å². The first-order valence-electron chi connectivity index (χ1n) is 5.66. The molecule has 0 atom stereocenters. The Kier molecular flexibility index (Phi) is 2.96. The van der Waals surface area contributed by atoms with Crippen molar-refractivity contribution in [3.63, 3.8) is 0 Å². The van der Waals surface area contributed by atoms with E-state index in [1.807, 2.05) is 0 Å². The standard InChI is InChI=1S/C11H19N3S/c1-11(2,3)13-10-12-9(14-15-10)8-6-4-5-7-8/h8H,4-7H2,1-3H3,(H,12,13,14). The summed E-state index contributed by atoms with van der Waals surface area (Å²) < 4.78 is 4.45. The Bertz CT molecular complexity index is 321. The smallest absolute Gasteiger partial charge is 0.202 e. The van der Waals surface area contributed by atoms with Crippen molar-refractivity contribution in [3.05, 3.63) is 5.82 Å². The lowest BCUT2D eigenvalue weighted by Gasteiger charge is -2.18. The quantitative estimate of drug-likeness (QED) is 0.838. The molecule has 0 radical (unpaired) electrons. The average molecular weight is 225 g/mol. The second kappa shape index (κ2) is 4.08. The molecule has 1 aliphatic carbocycles. The first-order chi connectivity index (χ1) is 7.04. The van der Waals surface area contributed by atoms with E-state index in [0.29, 0.717) is 5.92 Å². The first kappa shape index (κ1) is 10.9. The fraction of sp³-hybridized carbons (Fsp3) is 0.818. The van der Waals surface area contributed by atoms with Crippen LogP contribution in [0.15, 0.2) is 0 Å². The summed E-state index contributed by atoms with van der Waals surface area (Å²) in [6.45, 7) is 6.43. The molecule has 1 saturated carbocycles. The van der Waals surface area contributed by atoms with Crippen LogP contribution in [0, 0.1) is 0 Å². The van der Waals surface area contributed by atoms with E-state index in [4.69, 9.17) is 0 Å². The molecule has 0 bridgehead atoms. The summed E-state index contributed by atoms with van der Waals surface area (Å²) >= 11 is 1.49. The minimum atomic E-state index is 0.0759. The Balaban J connectivity index is 2.03. The van der Waals surface area contributed by atoms with Crippen LogP contribution in [0.25, 0.3) is 0 Å². The first-order valence-corrected chi connectivity index (χ1v) is 6.44. The molecule has 0 saturated heterocycles. The minimum Gasteiger partial charge on any atom is -0.356 e. The zero-order valence-corrected chi connectivity index (χ0v) is 10.5. The summed E-state index contributed by atoms with van der Waals surface area (Å²) in [6.07, 6.45) is 5.22. The fourth-order valence-electron chi connectivity index (χ4n) is 1.96. The minimum absolute atomic E-state index is 0.0759. The number of aromatic nitrogens is 2. The van der Waals surface area contributed by atoms with Crippen LogP contribution < -0.4 is 5.32 Å². The lowest BCUT2D eigenvalue weighted by molar-refractivity contribution is 0.630. The maximum absolute atomic E-state index is 4.57. The van der Waals surface area contributed by atoms with Crippen molar-refractivity contribution >= 4 is 16.7 Å². The monoisotopic (exact) mass is 225 g/mol. The largest absolute Gasteiger partial charge is 0.356 e. The number of anilines is 1. The van der Waals surface area contributed by atoms with Gasteiger partial charge in [0, 0.05) is 23.0 Å². The van der Waals surface area contributed by atoms with Gasteiger partial charge in [-0.3, -0.25) is 0 Å². The Hall–Kier alpha value is -0.640. The maximum atomic E-state index is 4.57. The molecule has 1 aliphatic rings. The molecule has 1 heterocycles. The van der Waals surface area contributed by atoms with Crippen LogP contribution in [0.3, 0.4) is 0 Å². The molecular formula is C11H19N3S. The summed E-state index contributed by atoms with van der Waals surface area (Å²) in [7, 11) is 0. The van der Waals surface area contributed by atoms with Crippen LogP contribution >= 0.6 is 11.5 Å². The molecule has 1 aromatic rings. The zero-order chi connectivity index (χ0) is 10.9. The number of hydrogen-bond donors (Lipinski definition) is 1. The van der Waals surface area contributed by atoms with Crippen LogP contribution in [-0.4, -0.2) is 14.9 Å². The molecule has 0 aliphatic heterocycles. The van der Waals surface area contributed by atoms with E-state index in [1.54, 1.807) is 0 Å². The average Bonchev–Trinajstić information content (AvgIpc) is 2.68. The topological polar surface area (TPSA) is 37.8 Å². The Morgan fingerprint density at radius 1 is 1.27 bits per heavy atom. The van der Waals surface area contributed by atoms with E-state index in [1.165, 1.54) is 37.2 Å². The molecule has 0 aromatic carbocycles.